The molecule has 0 bridgehead atoms. The van der Waals surface area contributed by atoms with Gasteiger partial charge in [0.1, 0.15) is 12.1 Å². The Balaban J connectivity index is 3.93. The van der Waals surface area contributed by atoms with Crippen LogP contribution >= 0.6 is 0 Å². The first-order valence-corrected chi connectivity index (χ1v) is 14.4. The maximum absolute atomic E-state index is 12.1. The third-order valence-corrected chi connectivity index (χ3v) is 6.58. The standard InChI is InChI=1S/C28H50N2O8/c1-2-3-4-5-6-7-8-9-10-11-12-13-14-15-16-17-24(31)29-22(27(35)36)18-20-25(32)30-23(28(37)38)19-21-26(33)34/h22-23H,2-21H2,1H3,(H,29,31)(H,30,32)(H,33,34)(H,35,36)(H,37,38). The van der Waals surface area contributed by atoms with Crippen LogP contribution in [0.5, 0.6) is 0 Å². The third kappa shape index (κ3) is 21.4. The topological polar surface area (TPSA) is 170 Å². The van der Waals surface area contributed by atoms with Gasteiger partial charge in [-0.25, -0.2) is 9.59 Å². The molecule has 0 aliphatic rings. The number of unbranched alkanes of at least 4 members (excludes halogenated alkanes) is 14. The summed E-state index contributed by atoms with van der Waals surface area (Å²) in [6.07, 6.45) is 17.2. The predicted octanol–water partition coefficient (Wildman–Crippen LogP) is 5.03. The molecule has 0 saturated carbocycles. The zero-order valence-corrected chi connectivity index (χ0v) is 23.2. The van der Waals surface area contributed by atoms with Gasteiger partial charge in [-0.05, 0) is 19.3 Å². The van der Waals surface area contributed by atoms with E-state index in [0.717, 1.165) is 19.3 Å². The van der Waals surface area contributed by atoms with Crippen LogP contribution in [0.2, 0.25) is 0 Å². The molecule has 0 spiro atoms. The molecule has 2 amide bonds. The molecule has 0 aromatic carbocycles. The van der Waals surface area contributed by atoms with Crippen LogP contribution < -0.4 is 10.6 Å². The lowest BCUT2D eigenvalue weighted by Crippen LogP contribution is -2.44. The summed E-state index contributed by atoms with van der Waals surface area (Å²) < 4.78 is 0. The molecule has 0 aliphatic heterocycles. The normalized spacial score (nSPS) is 12.4. The number of aliphatic carboxylic acids is 3. The van der Waals surface area contributed by atoms with E-state index in [2.05, 4.69) is 17.6 Å². The SMILES string of the molecule is CCCCCCCCCCCCCCCCCC(=O)NC(CCC(=O)NC(CCC(=O)O)C(=O)O)C(=O)O. The fourth-order valence-electron chi connectivity index (χ4n) is 4.25. The van der Waals surface area contributed by atoms with Gasteiger partial charge in [0, 0.05) is 19.3 Å². The highest BCUT2D eigenvalue weighted by Gasteiger charge is 2.24. The highest BCUT2D eigenvalue weighted by molar-refractivity contribution is 5.86. The van der Waals surface area contributed by atoms with E-state index in [9.17, 15) is 29.1 Å². The Bertz CT molecular complexity index is 698. The van der Waals surface area contributed by atoms with Crippen molar-refractivity contribution in [3.8, 4) is 0 Å². The summed E-state index contributed by atoms with van der Waals surface area (Å²) in [5, 5.41) is 31.7. The molecule has 0 aliphatic carbocycles. The molecule has 0 heterocycles. The van der Waals surface area contributed by atoms with Crippen molar-refractivity contribution in [1.82, 2.24) is 10.6 Å². The first-order valence-electron chi connectivity index (χ1n) is 14.4. The van der Waals surface area contributed by atoms with Crippen LogP contribution in [0.4, 0.5) is 0 Å². The molecule has 10 nitrogen and oxygen atoms in total. The average molecular weight is 543 g/mol. The van der Waals surface area contributed by atoms with Crippen molar-refractivity contribution in [3.63, 3.8) is 0 Å². The molecule has 0 aromatic heterocycles. The monoisotopic (exact) mass is 542 g/mol. The van der Waals surface area contributed by atoms with E-state index < -0.39 is 48.2 Å². The van der Waals surface area contributed by atoms with E-state index >= 15 is 0 Å². The molecule has 0 aromatic rings. The molecule has 0 fully saturated rings. The molecule has 10 heteroatoms. The van der Waals surface area contributed by atoms with Crippen LogP contribution in [0.15, 0.2) is 0 Å². The second-order valence-electron chi connectivity index (χ2n) is 10.1. The second kappa shape index (κ2) is 23.5. The molecule has 5 N–H and O–H groups in total. The summed E-state index contributed by atoms with van der Waals surface area (Å²) in [5.74, 6) is -4.94. The minimum absolute atomic E-state index is 0.197. The summed E-state index contributed by atoms with van der Waals surface area (Å²) >= 11 is 0. The molecule has 0 saturated heterocycles. The van der Waals surface area contributed by atoms with E-state index in [-0.39, 0.29) is 25.7 Å². The Hall–Kier alpha value is -2.65. The predicted molar refractivity (Wildman–Crippen MR) is 145 cm³/mol. The van der Waals surface area contributed by atoms with Crippen molar-refractivity contribution in [3.05, 3.63) is 0 Å². The largest absolute Gasteiger partial charge is 0.481 e. The number of carboxylic acids is 3. The first-order chi connectivity index (χ1) is 18.2. The van der Waals surface area contributed by atoms with E-state index in [1.54, 1.807) is 0 Å². The lowest BCUT2D eigenvalue weighted by atomic mass is 10.0. The Morgan fingerprint density at radius 3 is 1.21 bits per heavy atom. The number of carboxylic acid groups (broad SMARTS) is 3. The van der Waals surface area contributed by atoms with Crippen LogP contribution in [0, 0.1) is 0 Å². The van der Waals surface area contributed by atoms with Gasteiger partial charge in [0.2, 0.25) is 11.8 Å². The maximum Gasteiger partial charge on any atom is 0.326 e. The van der Waals surface area contributed by atoms with Crippen molar-refractivity contribution in [1.29, 1.82) is 0 Å². The summed E-state index contributed by atoms with van der Waals surface area (Å²) in [6, 6.07) is -2.63. The van der Waals surface area contributed by atoms with Crippen molar-refractivity contribution >= 4 is 29.7 Å². The fraction of sp³-hybridized carbons (Fsp3) is 0.821. The van der Waals surface area contributed by atoms with E-state index in [0.29, 0.717) is 6.42 Å². The molecule has 2 atom stereocenters. The van der Waals surface area contributed by atoms with Crippen molar-refractivity contribution in [2.24, 2.45) is 0 Å². The number of carbonyl (C=O) groups is 5. The van der Waals surface area contributed by atoms with Gasteiger partial charge in [-0.15, -0.1) is 0 Å². The fourth-order valence-corrected chi connectivity index (χ4v) is 4.25. The Morgan fingerprint density at radius 2 is 0.842 bits per heavy atom. The average Bonchev–Trinajstić information content (AvgIpc) is 2.86. The number of rotatable bonds is 26. The summed E-state index contributed by atoms with van der Waals surface area (Å²) in [4.78, 5) is 57.4. The Kier molecular flexibility index (Phi) is 21.8. The lowest BCUT2D eigenvalue weighted by molar-refractivity contribution is -0.144. The second-order valence-corrected chi connectivity index (χ2v) is 10.1. The van der Waals surface area contributed by atoms with E-state index in [1.165, 1.54) is 70.6 Å². The van der Waals surface area contributed by atoms with Gasteiger partial charge in [0.15, 0.2) is 0 Å². The number of carbonyl (C=O) groups excluding carboxylic acids is 2. The highest BCUT2D eigenvalue weighted by atomic mass is 16.4. The van der Waals surface area contributed by atoms with Gasteiger partial charge < -0.3 is 26.0 Å². The molecule has 220 valence electrons. The molecule has 0 radical (unpaired) electrons. The van der Waals surface area contributed by atoms with Crippen molar-refractivity contribution in [2.75, 3.05) is 0 Å². The quantitative estimate of drug-likeness (QED) is 0.0947. The number of amides is 2. The van der Waals surface area contributed by atoms with Crippen LogP contribution in [-0.4, -0.2) is 57.1 Å². The Morgan fingerprint density at radius 1 is 0.500 bits per heavy atom. The minimum Gasteiger partial charge on any atom is -0.481 e. The summed E-state index contributed by atoms with van der Waals surface area (Å²) in [5.41, 5.74) is 0. The zero-order chi connectivity index (χ0) is 28.6. The highest BCUT2D eigenvalue weighted by Crippen LogP contribution is 2.14. The zero-order valence-electron chi connectivity index (χ0n) is 23.2. The molecular formula is C28H50N2O8. The number of hydrogen-bond donors (Lipinski definition) is 5. The van der Waals surface area contributed by atoms with Gasteiger partial charge in [-0.2, -0.15) is 0 Å². The smallest absolute Gasteiger partial charge is 0.326 e. The molecule has 0 rings (SSSR count). The first kappa shape index (κ1) is 35.4. The van der Waals surface area contributed by atoms with E-state index in [4.69, 9.17) is 10.2 Å². The summed E-state index contributed by atoms with van der Waals surface area (Å²) in [6.45, 7) is 2.24. The van der Waals surface area contributed by atoms with Crippen molar-refractivity contribution < 1.29 is 39.3 Å². The van der Waals surface area contributed by atoms with Crippen LogP contribution in [0.1, 0.15) is 135 Å². The molecular weight excluding hydrogens is 492 g/mol. The van der Waals surface area contributed by atoms with Gasteiger partial charge in [0.05, 0.1) is 0 Å². The minimum atomic E-state index is -1.37. The molecule has 38 heavy (non-hydrogen) atoms. The van der Waals surface area contributed by atoms with Gasteiger partial charge in [0.25, 0.3) is 0 Å². The Labute approximate surface area is 227 Å². The number of hydrogen-bond acceptors (Lipinski definition) is 5. The van der Waals surface area contributed by atoms with Gasteiger partial charge in [-0.3, -0.25) is 14.4 Å². The van der Waals surface area contributed by atoms with Crippen LogP contribution in [0.3, 0.4) is 0 Å². The lowest BCUT2D eigenvalue weighted by Gasteiger charge is -2.16. The van der Waals surface area contributed by atoms with Crippen LogP contribution in [0.25, 0.3) is 0 Å². The van der Waals surface area contributed by atoms with Gasteiger partial charge in [-0.1, -0.05) is 96.8 Å². The summed E-state index contributed by atoms with van der Waals surface area (Å²) in [7, 11) is 0. The molecule has 2 unspecified atom stereocenters. The van der Waals surface area contributed by atoms with E-state index in [1.807, 2.05) is 0 Å². The number of nitrogens with one attached hydrogen (secondary N) is 2. The third-order valence-electron chi connectivity index (χ3n) is 6.58. The van der Waals surface area contributed by atoms with Gasteiger partial charge >= 0.3 is 17.9 Å². The van der Waals surface area contributed by atoms with Crippen LogP contribution in [-0.2, 0) is 24.0 Å². The van der Waals surface area contributed by atoms with Crippen molar-refractivity contribution in [2.45, 2.75) is 147 Å². The maximum atomic E-state index is 12.1.